The Morgan fingerprint density at radius 1 is 1.13 bits per heavy atom. The zero-order valence-corrected chi connectivity index (χ0v) is 18.7. The third kappa shape index (κ3) is 3.83. The van der Waals surface area contributed by atoms with Crippen molar-refractivity contribution in [3.8, 4) is 22.0 Å². The second-order valence-electron chi connectivity index (χ2n) is 7.27. The standard InChI is InChI=1S/C23H17Cl2N3O2S/c1-13-9-19(29)15(10-17(13)24)18-11-20(30-27-18)16-12-28(14-5-3-2-4-6-14)26-23(16)21-7-8-22(25)31-21/h2-10,12,20,29H,11H2,1H3. The molecule has 0 spiro atoms. The van der Waals surface area contributed by atoms with E-state index in [1.807, 2.05) is 60.3 Å². The van der Waals surface area contributed by atoms with Gasteiger partial charge < -0.3 is 9.94 Å². The van der Waals surface area contributed by atoms with Gasteiger partial charge in [-0.3, -0.25) is 0 Å². The molecule has 0 fully saturated rings. The van der Waals surface area contributed by atoms with E-state index in [9.17, 15) is 5.11 Å². The van der Waals surface area contributed by atoms with Crippen LogP contribution >= 0.6 is 34.5 Å². The number of oxime groups is 1. The molecule has 4 aromatic rings. The van der Waals surface area contributed by atoms with E-state index in [0.717, 1.165) is 27.4 Å². The number of halogens is 2. The van der Waals surface area contributed by atoms with E-state index in [0.29, 0.717) is 27.1 Å². The molecule has 5 rings (SSSR count). The Bertz CT molecular complexity index is 1300. The molecule has 3 heterocycles. The van der Waals surface area contributed by atoms with Gasteiger partial charge in [0.15, 0.2) is 6.10 Å². The van der Waals surface area contributed by atoms with Crippen molar-refractivity contribution in [1.82, 2.24) is 9.78 Å². The Morgan fingerprint density at radius 2 is 1.94 bits per heavy atom. The average molecular weight is 470 g/mol. The first-order chi connectivity index (χ1) is 15.0. The Balaban J connectivity index is 1.52. The van der Waals surface area contributed by atoms with Crippen LogP contribution in [0.1, 0.15) is 29.2 Å². The zero-order valence-electron chi connectivity index (χ0n) is 16.4. The van der Waals surface area contributed by atoms with Crippen molar-refractivity contribution in [2.45, 2.75) is 19.4 Å². The van der Waals surface area contributed by atoms with Gasteiger partial charge in [0.1, 0.15) is 11.4 Å². The maximum absolute atomic E-state index is 10.4. The molecule has 1 aliphatic rings. The molecule has 0 amide bonds. The number of rotatable bonds is 4. The first kappa shape index (κ1) is 20.1. The van der Waals surface area contributed by atoms with Crippen LogP contribution in [0.3, 0.4) is 0 Å². The smallest absolute Gasteiger partial charge is 0.161 e. The molecule has 0 radical (unpaired) electrons. The summed E-state index contributed by atoms with van der Waals surface area (Å²) in [7, 11) is 0. The summed E-state index contributed by atoms with van der Waals surface area (Å²) in [5, 5.41) is 20.0. The molecule has 5 nitrogen and oxygen atoms in total. The number of phenolic OH excluding ortho intramolecular Hbond substituents is 1. The highest BCUT2D eigenvalue weighted by molar-refractivity contribution is 7.19. The van der Waals surface area contributed by atoms with E-state index < -0.39 is 0 Å². The van der Waals surface area contributed by atoms with Gasteiger partial charge in [-0.25, -0.2) is 4.68 Å². The Kier molecular flexibility index (Phi) is 5.22. The van der Waals surface area contributed by atoms with Crippen LogP contribution in [0.4, 0.5) is 0 Å². The van der Waals surface area contributed by atoms with Crippen molar-refractivity contribution in [1.29, 1.82) is 0 Å². The molecule has 156 valence electrons. The molecule has 31 heavy (non-hydrogen) atoms. The Hall–Kier alpha value is -2.80. The highest BCUT2D eigenvalue weighted by atomic mass is 35.5. The van der Waals surface area contributed by atoms with E-state index in [-0.39, 0.29) is 11.9 Å². The van der Waals surface area contributed by atoms with Crippen molar-refractivity contribution >= 4 is 40.3 Å². The maximum Gasteiger partial charge on any atom is 0.161 e. The van der Waals surface area contributed by atoms with Crippen LogP contribution in [-0.2, 0) is 4.84 Å². The maximum atomic E-state index is 10.4. The number of benzene rings is 2. The molecule has 1 N–H and O–H groups in total. The van der Waals surface area contributed by atoms with Crippen LogP contribution < -0.4 is 0 Å². The van der Waals surface area contributed by atoms with E-state index in [4.69, 9.17) is 33.1 Å². The van der Waals surface area contributed by atoms with Crippen molar-refractivity contribution < 1.29 is 9.94 Å². The fourth-order valence-electron chi connectivity index (χ4n) is 3.57. The number of nitrogens with zero attached hydrogens (tertiary/aromatic N) is 3. The van der Waals surface area contributed by atoms with E-state index >= 15 is 0 Å². The second-order valence-corrected chi connectivity index (χ2v) is 9.39. The molecule has 1 unspecified atom stereocenters. The van der Waals surface area contributed by atoms with Gasteiger partial charge in [0.05, 0.1) is 20.6 Å². The van der Waals surface area contributed by atoms with E-state index in [2.05, 4.69) is 5.16 Å². The average Bonchev–Trinajstić information content (AvgIpc) is 3.50. The first-order valence-corrected chi connectivity index (χ1v) is 11.2. The number of thiophene rings is 1. The van der Waals surface area contributed by atoms with Gasteiger partial charge in [-0.15, -0.1) is 11.3 Å². The van der Waals surface area contributed by atoms with Crippen LogP contribution in [0.2, 0.25) is 9.36 Å². The quantitative estimate of drug-likeness (QED) is 0.357. The SMILES string of the molecule is Cc1cc(O)c(C2=NOC(c3cn(-c4ccccc4)nc3-c3ccc(Cl)s3)C2)cc1Cl. The molecule has 1 atom stereocenters. The fraction of sp³-hybridized carbons (Fsp3) is 0.130. The highest BCUT2D eigenvalue weighted by Gasteiger charge is 2.30. The number of hydrogen-bond acceptors (Lipinski definition) is 5. The Morgan fingerprint density at radius 3 is 2.68 bits per heavy atom. The summed E-state index contributed by atoms with van der Waals surface area (Å²) in [6, 6.07) is 17.1. The number of aromatic nitrogens is 2. The molecule has 8 heteroatoms. The van der Waals surface area contributed by atoms with Gasteiger partial charge >= 0.3 is 0 Å². The third-order valence-electron chi connectivity index (χ3n) is 5.17. The molecule has 1 aliphatic heterocycles. The van der Waals surface area contributed by atoms with Gasteiger partial charge in [-0.1, -0.05) is 46.6 Å². The van der Waals surface area contributed by atoms with Crippen molar-refractivity contribution in [3.63, 3.8) is 0 Å². The normalized spacial score (nSPS) is 15.7. The molecule has 0 saturated carbocycles. The minimum Gasteiger partial charge on any atom is -0.507 e. The Labute approximate surface area is 193 Å². The zero-order chi connectivity index (χ0) is 21.5. The van der Waals surface area contributed by atoms with Crippen LogP contribution in [-0.4, -0.2) is 20.6 Å². The summed E-state index contributed by atoms with van der Waals surface area (Å²) in [4.78, 5) is 6.75. The highest BCUT2D eigenvalue weighted by Crippen LogP contribution is 2.40. The van der Waals surface area contributed by atoms with Crippen molar-refractivity contribution in [2.75, 3.05) is 0 Å². The van der Waals surface area contributed by atoms with Gasteiger partial charge in [0.25, 0.3) is 0 Å². The number of para-hydroxylation sites is 1. The topological polar surface area (TPSA) is 59.6 Å². The van der Waals surface area contributed by atoms with Gasteiger partial charge in [0, 0.05) is 28.8 Å². The molecule has 2 aromatic carbocycles. The van der Waals surface area contributed by atoms with Crippen LogP contribution in [0, 0.1) is 6.92 Å². The molecule has 0 saturated heterocycles. The van der Waals surface area contributed by atoms with Gasteiger partial charge in [0.2, 0.25) is 0 Å². The summed E-state index contributed by atoms with van der Waals surface area (Å²) in [5.41, 5.74) is 4.67. The van der Waals surface area contributed by atoms with Gasteiger partial charge in [-0.2, -0.15) is 5.10 Å². The second kappa shape index (κ2) is 8.04. The molecule has 2 aromatic heterocycles. The molecular formula is C23H17Cl2N3O2S. The minimum absolute atomic E-state index is 0.134. The lowest BCUT2D eigenvalue weighted by Crippen LogP contribution is -2.03. The van der Waals surface area contributed by atoms with Crippen molar-refractivity contribution in [3.05, 3.63) is 86.8 Å². The van der Waals surface area contributed by atoms with Crippen LogP contribution in [0.25, 0.3) is 16.3 Å². The van der Waals surface area contributed by atoms with E-state index in [1.165, 1.54) is 11.3 Å². The van der Waals surface area contributed by atoms with Crippen molar-refractivity contribution in [2.24, 2.45) is 5.16 Å². The lowest BCUT2D eigenvalue weighted by atomic mass is 9.99. The van der Waals surface area contributed by atoms with Crippen LogP contribution in [0.15, 0.2) is 65.9 Å². The van der Waals surface area contributed by atoms with Crippen LogP contribution in [0.5, 0.6) is 5.75 Å². The monoisotopic (exact) mass is 469 g/mol. The summed E-state index contributed by atoms with van der Waals surface area (Å²) in [6.45, 7) is 1.85. The summed E-state index contributed by atoms with van der Waals surface area (Å²) >= 11 is 13.9. The first-order valence-electron chi connectivity index (χ1n) is 9.62. The number of aryl methyl sites for hydroxylation is 1. The third-order valence-corrected chi connectivity index (χ3v) is 6.82. The summed E-state index contributed by atoms with van der Waals surface area (Å²) in [5.74, 6) is 0.134. The molecular weight excluding hydrogens is 453 g/mol. The van der Waals surface area contributed by atoms with E-state index in [1.54, 1.807) is 12.1 Å². The predicted molar refractivity (Wildman–Crippen MR) is 125 cm³/mol. The summed E-state index contributed by atoms with van der Waals surface area (Å²) in [6.07, 6.45) is 2.10. The largest absolute Gasteiger partial charge is 0.507 e. The predicted octanol–water partition coefficient (Wildman–Crippen LogP) is 6.79. The number of aromatic hydroxyl groups is 1. The van der Waals surface area contributed by atoms with Gasteiger partial charge in [-0.05, 0) is 48.9 Å². The number of hydrogen-bond donors (Lipinski definition) is 1. The minimum atomic E-state index is -0.345. The lowest BCUT2D eigenvalue weighted by molar-refractivity contribution is 0.0861. The molecule has 0 bridgehead atoms. The summed E-state index contributed by atoms with van der Waals surface area (Å²) < 4.78 is 2.53. The lowest BCUT2D eigenvalue weighted by Gasteiger charge is -2.08. The fourth-order valence-corrected chi connectivity index (χ4v) is 4.78. The molecule has 0 aliphatic carbocycles. The number of phenols is 1.